The molecule has 4 bridgehead atoms. The van der Waals surface area contributed by atoms with Gasteiger partial charge in [-0.3, -0.25) is 0 Å². The molecule has 7 aliphatic heterocycles. The number of thiazole rings is 4. The van der Waals surface area contributed by atoms with Gasteiger partial charge in [-0.2, -0.15) is 0 Å². The van der Waals surface area contributed by atoms with Crippen molar-refractivity contribution in [2.24, 2.45) is 34.5 Å². The molecule has 7 atom stereocenters. The molecule has 0 N–H and O–H groups in total. The van der Waals surface area contributed by atoms with Crippen molar-refractivity contribution in [3.63, 3.8) is 0 Å². The number of benzene rings is 5. The quantitative estimate of drug-likeness (QED) is 0.169. The third-order valence-corrected chi connectivity index (χ3v) is 36.9. The number of fused-ring (bicyclic) bond motifs is 15. The molecular formula is C97H120N10OS4. The molecule has 13 aliphatic rings. The van der Waals surface area contributed by atoms with E-state index in [2.05, 4.69) is 288 Å². The summed E-state index contributed by atoms with van der Waals surface area (Å²) in [5, 5.41) is 0. The lowest BCUT2D eigenvalue weighted by Crippen LogP contribution is -2.62. The summed E-state index contributed by atoms with van der Waals surface area (Å²) >= 11 is 7.51. The Balaban J connectivity index is 0.0000000980. The zero-order valence-corrected chi connectivity index (χ0v) is 73.7. The molecule has 10 aromatic rings. The van der Waals surface area contributed by atoms with E-state index in [1.54, 1.807) is 11.3 Å². The minimum Gasteiger partial charge on any atom is -0.446 e. The fourth-order valence-corrected chi connectivity index (χ4v) is 30.5. The van der Waals surface area contributed by atoms with Gasteiger partial charge in [0.15, 0.2) is 12.2 Å². The summed E-state index contributed by atoms with van der Waals surface area (Å²) in [6, 6.07) is 41.9. The van der Waals surface area contributed by atoms with Crippen LogP contribution in [0.15, 0.2) is 142 Å². The average molecular weight is 1570 g/mol. The van der Waals surface area contributed by atoms with Crippen LogP contribution < -0.4 is 24.5 Å². The lowest BCUT2D eigenvalue weighted by atomic mass is 9.48. The summed E-state index contributed by atoms with van der Waals surface area (Å²) < 4.78 is 5.95. The smallest absolute Gasteiger partial charge is 0.181 e. The van der Waals surface area contributed by atoms with Crippen LogP contribution >= 0.6 is 45.3 Å². The van der Waals surface area contributed by atoms with Crippen molar-refractivity contribution in [2.45, 2.75) is 297 Å². The van der Waals surface area contributed by atoms with Crippen LogP contribution in [0, 0.1) is 69.1 Å². The standard InChI is InChI=1S/C22H26N2S.C20H26N2O.C20H26N2S.C18H22N2S.C17H20N2S/c1-13-5-3-4-6-19(13)24-14(2)20-21(25-12-23-20)22(24)17-8-15-7-16(10-17)11-18(22)9-15;2*1-12-9-8-10-14-16(12)22-13(2)15-17(23-11-21-15)20(22,7)19(5,6)18(14,3)4;1-13-8-4-5-9-15(13)20-14(2)16-17(21-12-19-16)18(20)10-6-3-7-11-18;1-12-7-3-4-8-14(12)19-13(2)15-16(20-11-18-15)17(19)9-5-6-10-17/h3-6,12,14-18H,7-11H2,1-2H3;2*8-11,13H,1-7H3;4-5,8-9,12,14H,3,6-7,10-11H2,1-2H3;3-4,7-8,11,13H,5-6,9-10H2,1-2H3/t14-,15?,16?,17?,18?,22?;2*13-,20?;14-;13-/m00000/s1. The Morgan fingerprint density at radius 1 is 0.348 bits per heavy atom. The van der Waals surface area contributed by atoms with Gasteiger partial charge in [0, 0.05) is 39.3 Å². The molecule has 588 valence electrons. The Morgan fingerprint density at radius 3 is 1.15 bits per heavy atom. The topological polar surface area (TPSA) is 93.8 Å². The first kappa shape index (κ1) is 76.1. The summed E-state index contributed by atoms with van der Waals surface area (Å²) in [4.78, 5) is 43.1. The molecule has 15 heteroatoms. The van der Waals surface area contributed by atoms with Crippen LogP contribution in [0.5, 0.6) is 0 Å². The van der Waals surface area contributed by atoms with Crippen LogP contribution in [-0.4, -0.2) is 24.9 Å². The molecule has 5 aromatic heterocycles. The van der Waals surface area contributed by atoms with Crippen molar-refractivity contribution in [1.29, 1.82) is 0 Å². The number of aryl methyl sites for hydroxylation is 5. The van der Waals surface area contributed by atoms with E-state index in [-0.39, 0.29) is 55.4 Å². The fourth-order valence-electron chi connectivity index (χ4n) is 25.8. The zero-order valence-electron chi connectivity index (χ0n) is 70.4. The van der Waals surface area contributed by atoms with E-state index in [0.717, 1.165) is 35.1 Å². The van der Waals surface area contributed by atoms with Crippen LogP contribution in [-0.2, 0) is 38.5 Å². The van der Waals surface area contributed by atoms with E-state index in [4.69, 9.17) is 19.4 Å². The molecule has 112 heavy (non-hydrogen) atoms. The minimum atomic E-state index is -0.207. The normalized spacial score (nSPS) is 30.0. The Morgan fingerprint density at radius 2 is 0.696 bits per heavy atom. The Hall–Kier alpha value is -7.17. The first-order valence-corrected chi connectivity index (χ1v) is 46.0. The molecule has 0 amide bonds. The Labute approximate surface area is 684 Å². The lowest BCUT2D eigenvalue weighted by Gasteiger charge is -2.63. The van der Waals surface area contributed by atoms with Crippen LogP contribution in [0.25, 0.3) is 0 Å². The highest BCUT2D eigenvalue weighted by molar-refractivity contribution is 7.11. The van der Waals surface area contributed by atoms with Crippen molar-refractivity contribution in [3.05, 3.63) is 230 Å². The van der Waals surface area contributed by atoms with Gasteiger partial charge in [0.2, 0.25) is 0 Å². The van der Waals surface area contributed by atoms with Crippen LogP contribution in [0.1, 0.15) is 317 Å². The van der Waals surface area contributed by atoms with E-state index in [1.807, 2.05) is 61.9 Å². The molecule has 11 nitrogen and oxygen atoms in total. The van der Waals surface area contributed by atoms with E-state index >= 15 is 0 Å². The molecule has 5 aromatic carbocycles. The van der Waals surface area contributed by atoms with Gasteiger partial charge in [-0.1, -0.05) is 178 Å². The number of para-hydroxylation sites is 5. The predicted molar refractivity (Wildman–Crippen MR) is 467 cm³/mol. The van der Waals surface area contributed by atoms with Gasteiger partial charge in [-0.05, 0) is 233 Å². The first-order chi connectivity index (χ1) is 53.5. The number of rotatable bonds is 3. The first-order valence-electron chi connectivity index (χ1n) is 42.5. The number of aromatic nitrogens is 5. The largest absolute Gasteiger partial charge is 0.446 e. The SMILES string of the molecule is Cc1cccc2c1N1[C@@H](C)c3ncoc3C1(C)C(C)(C)C2(C)C.Cc1cccc2c1N1[C@@H](C)c3ncsc3C1(C)C(C)(C)C2(C)C.Cc1ccccc1N1[C@@H](C)c2ncsc2C12C1CC3CC(C1)CC2C3.Cc1ccccc1N1[C@@H](C)c2ncsc2C12CCCC2.Cc1ccccc1N1[C@@H](C)c2ncsc2C12CCCCC2. The molecule has 0 saturated heterocycles. The van der Waals surface area contributed by atoms with Crippen molar-refractivity contribution in [3.8, 4) is 0 Å². The molecule has 0 radical (unpaired) electrons. The van der Waals surface area contributed by atoms with E-state index in [1.165, 1.54) is 195 Å². The molecule has 6 aliphatic carbocycles. The Bertz CT molecular complexity index is 5060. The summed E-state index contributed by atoms with van der Waals surface area (Å²) in [6.45, 7) is 46.8. The van der Waals surface area contributed by atoms with Crippen molar-refractivity contribution < 1.29 is 4.42 Å². The summed E-state index contributed by atoms with van der Waals surface area (Å²) in [5.41, 5.74) is 32.0. The number of hydrogen-bond donors (Lipinski definition) is 0. The number of oxazole rings is 1. The van der Waals surface area contributed by atoms with E-state index in [0.29, 0.717) is 24.2 Å². The monoisotopic (exact) mass is 1570 g/mol. The second-order valence-electron chi connectivity index (χ2n) is 38.5. The maximum absolute atomic E-state index is 5.95. The maximum atomic E-state index is 5.95. The molecule has 2 unspecified atom stereocenters. The third kappa shape index (κ3) is 10.2. The summed E-state index contributed by atoms with van der Waals surface area (Å²) in [6.07, 6.45) is 20.8. The molecule has 12 heterocycles. The van der Waals surface area contributed by atoms with Crippen LogP contribution in [0.4, 0.5) is 28.4 Å². The summed E-state index contributed by atoms with van der Waals surface area (Å²) in [5.74, 6) is 4.69. The lowest BCUT2D eigenvalue weighted by molar-refractivity contribution is -0.0588. The molecule has 3 spiro atoms. The third-order valence-electron chi connectivity index (χ3n) is 32.8. The highest BCUT2D eigenvalue weighted by atomic mass is 32.1. The van der Waals surface area contributed by atoms with Gasteiger partial charge < -0.3 is 28.9 Å². The van der Waals surface area contributed by atoms with Gasteiger partial charge in [0.25, 0.3) is 0 Å². The molecule has 23 rings (SSSR count). The highest BCUT2D eigenvalue weighted by Gasteiger charge is 2.69. The van der Waals surface area contributed by atoms with Crippen LogP contribution in [0.3, 0.4) is 0 Å². The highest BCUT2D eigenvalue weighted by Crippen LogP contribution is 2.72. The molecule has 6 saturated carbocycles. The van der Waals surface area contributed by atoms with E-state index in [9.17, 15) is 0 Å². The zero-order chi connectivity index (χ0) is 78.5. The van der Waals surface area contributed by atoms with Gasteiger partial charge >= 0.3 is 0 Å². The van der Waals surface area contributed by atoms with Gasteiger partial charge in [-0.15, -0.1) is 45.3 Å². The molecule has 6 fully saturated rings. The van der Waals surface area contributed by atoms with Crippen molar-refractivity contribution in [2.75, 3.05) is 24.5 Å². The summed E-state index contributed by atoms with van der Waals surface area (Å²) in [7, 11) is 0. The van der Waals surface area contributed by atoms with E-state index < -0.39 is 0 Å². The Kier molecular flexibility index (Phi) is 18.3. The van der Waals surface area contributed by atoms with Crippen molar-refractivity contribution in [1.82, 2.24) is 24.9 Å². The molecular weight excluding hydrogens is 1450 g/mol. The number of nitrogens with zero attached hydrogens (tertiary/aromatic N) is 10. The second-order valence-corrected chi connectivity index (χ2v) is 41.9. The average Bonchev–Trinajstić information content (AvgIpc) is 1.46. The minimum absolute atomic E-state index is 0.0141. The second kappa shape index (κ2) is 27.0. The van der Waals surface area contributed by atoms with Crippen LogP contribution in [0.2, 0.25) is 0 Å². The predicted octanol–water partition coefficient (Wildman–Crippen LogP) is 26.3. The van der Waals surface area contributed by atoms with Crippen molar-refractivity contribution >= 4 is 73.8 Å². The number of anilines is 5. The fraction of sp³-hybridized carbons (Fsp3) is 0.536. The van der Waals surface area contributed by atoms with Gasteiger partial charge in [-0.25, -0.2) is 24.9 Å². The van der Waals surface area contributed by atoms with Gasteiger partial charge in [0.05, 0.1) is 117 Å². The number of hydrogen-bond acceptors (Lipinski definition) is 15. The van der Waals surface area contributed by atoms with Gasteiger partial charge in [0.1, 0.15) is 11.2 Å². The maximum Gasteiger partial charge on any atom is 0.181 e.